The van der Waals surface area contributed by atoms with Crippen molar-refractivity contribution in [2.45, 2.75) is 19.4 Å². The van der Waals surface area contributed by atoms with Gasteiger partial charge in [-0.05, 0) is 48.4 Å². The summed E-state index contributed by atoms with van der Waals surface area (Å²) >= 11 is 0. The van der Waals surface area contributed by atoms with Crippen LogP contribution in [0.25, 0.3) is 0 Å². The zero-order chi connectivity index (χ0) is 20.1. The van der Waals surface area contributed by atoms with E-state index in [1.54, 1.807) is 17.0 Å². The van der Waals surface area contributed by atoms with Crippen LogP contribution >= 0.6 is 0 Å². The molecule has 0 radical (unpaired) electrons. The topological polar surface area (TPSA) is 58.6 Å². The van der Waals surface area contributed by atoms with Crippen LogP contribution in [0.15, 0.2) is 78.9 Å². The zero-order valence-corrected chi connectivity index (χ0v) is 16.0. The number of anilines is 2. The Balaban J connectivity index is 1.42. The molecule has 3 aromatic carbocycles. The summed E-state index contributed by atoms with van der Waals surface area (Å²) < 4.78 is 5.78. The molecule has 1 aliphatic rings. The van der Waals surface area contributed by atoms with Gasteiger partial charge in [-0.15, -0.1) is 0 Å². The number of rotatable bonds is 6. The molecule has 5 nitrogen and oxygen atoms in total. The second kappa shape index (κ2) is 8.61. The highest BCUT2D eigenvalue weighted by Gasteiger charge is 2.25. The molecule has 5 heteroatoms. The molecule has 0 aromatic heterocycles. The molecule has 1 saturated heterocycles. The Labute approximate surface area is 169 Å². The second-order valence-electron chi connectivity index (χ2n) is 6.92. The number of ether oxygens (including phenoxy) is 1. The van der Waals surface area contributed by atoms with Crippen molar-refractivity contribution in [3.8, 4) is 5.75 Å². The summed E-state index contributed by atoms with van der Waals surface area (Å²) in [6.07, 6.45) is 1.35. The lowest BCUT2D eigenvalue weighted by atomic mass is 10.1. The van der Waals surface area contributed by atoms with E-state index in [4.69, 9.17) is 4.74 Å². The Bertz CT molecular complexity index is 1000. The SMILES string of the molecule is O=C(Nc1ccc(OCc2ccccc2)cc1)c1ccccc1N1CCCC1=O. The molecule has 1 N–H and O–H groups in total. The fourth-order valence-electron chi connectivity index (χ4n) is 3.38. The van der Waals surface area contributed by atoms with Crippen molar-refractivity contribution >= 4 is 23.2 Å². The van der Waals surface area contributed by atoms with E-state index in [9.17, 15) is 9.59 Å². The van der Waals surface area contributed by atoms with Crippen LogP contribution in [0.1, 0.15) is 28.8 Å². The number of nitrogens with zero attached hydrogens (tertiary/aromatic N) is 1. The standard InChI is InChI=1S/C24H22N2O3/c27-23-11-6-16-26(23)22-10-5-4-9-21(22)24(28)25-19-12-14-20(15-13-19)29-17-18-7-2-1-3-8-18/h1-5,7-10,12-15H,6,11,16-17H2,(H,25,28). The summed E-state index contributed by atoms with van der Waals surface area (Å²) in [5, 5.41) is 2.91. The first-order chi connectivity index (χ1) is 14.2. The Morgan fingerprint density at radius 1 is 0.931 bits per heavy atom. The highest BCUT2D eigenvalue weighted by atomic mass is 16.5. The summed E-state index contributed by atoms with van der Waals surface area (Å²) in [5.74, 6) is 0.554. The number of hydrogen-bond acceptors (Lipinski definition) is 3. The molecule has 1 aliphatic heterocycles. The third-order valence-electron chi connectivity index (χ3n) is 4.87. The highest BCUT2D eigenvalue weighted by Crippen LogP contribution is 2.26. The Hall–Kier alpha value is -3.60. The van der Waals surface area contributed by atoms with Gasteiger partial charge >= 0.3 is 0 Å². The average molecular weight is 386 g/mol. The minimum Gasteiger partial charge on any atom is -0.489 e. The lowest BCUT2D eigenvalue weighted by molar-refractivity contribution is -0.117. The van der Waals surface area contributed by atoms with Gasteiger partial charge in [0.2, 0.25) is 5.91 Å². The molecule has 0 bridgehead atoms. The fraction of sp³-hybridized carbons (Fsp3) is 0.167. The number of para-hydroxylation sites is 1. The largest absolute Gasteiger partial charge is 0.489 e. The fourth-order valence-corrected chi connectivity index (χ4v) is 3.38. The number of carbonyl (C=O) groups excluding carboxylic acids is 2. The molecule has 0 spiro atoms. The van der Waals surface area contributed by atoms with Gasteiger partial charge in [0.1, 0.15) is 12.4 Å². The Morgan fingerprint density at radius 3 is 2.38 bits per heavy atom. The summed E-state index contributed by atoms with van der Waals surface area (Å²) in [6, 6.07) is 24.4. The molecule has 29 heavy (non-hydrogen) atoms. The Morgan fingerprint density at radius 2 is 1.66 bits per heavy atom. The first kappa shape index (κ1) is 18.7. The average Bonchev–Trinajstić information content (AvgIpc) is 3.19. The maximum Gasteiger partial charge on any atom is 0.257 e. The van der Waals surface area contributed by atoms with Crippen LogP contribution in [0.5, 0.6) is 5.75 Å². The monoisotopic (exact) mass is 386 g/mol. The Kier molecular flexibility index (Phi) is 5.56. The second-order valence-corrected chi connectivity index (χ2v) is 6.92. The van der Waals surface area contributed by atoms with Crippen molar-refractivity contribution in [2.75, 3.05) is 16.8 Å². The molecule has 3 aromatic rings. The third-order valence-corrected chi connectivity index (χ3v) is 4.87. The highest BCUT2D eigenvalue weighted by molar-refractivity contribution is 6.11. The van der Waals surface area contributed by atoms with Crippen LogP contribution in [0.2, 0.25) is 0 Å². The molecule has 0 atom stereocenters. The molecule has 146 valence electrons. The van der Waals surface area contributed by atoms with Crippen LogP contribution in [-0.4, -0.2) is 18.4 Å². The van der Waals surface area contributed by atoms with Crippen molar-refractivity contribution < 1.29 is 14.3 Å². The van der Waals surface area contributed by atoms with Gasteiger partial charge in [0.25, 0.3) is 5.91 Å². The summed E-state index contributed by atoms with van der Waals surface area (Å²) in [5.41, 5.74) is 2.92. The molecule has 0 saturated carbocycles. The van der Waals surface area contributed by atoms with E-state index < -0.39 is 0 Å². The van der Waals surface area contributed by atoms with E-state index >= 15 is 0 Å². The number of nitrogens with one attached hydrogen (secondary N) is 1. The number of amides is 2. The molecule has 2 amide bonds. The molecule has 1 heterocycles. The van der Waals surface area contributed by atoms with Gasteiger partial charge in [-0.1, -0.05) is 42.5 Å². The number of benzene rings is 3. The zero-order valence-electron chi connectivity index (χ0n) is 16.0. The smallest absolute Gasteiger partial charge is 0.257 e. The number of carbonyl (C=O) groups is 2. The molecular weight excluding hydrogens is 364 g/mol. The quantitative estimate of drug-likeness (QED) is 0.671. The van der Waals surface area contributed by atoms with E-state index in [1.165, 1.54) is 0 Å². The predicted octanol–water partition coefficient (Wildman–Crippen LogP) is 4.64. The molecule has 1 fully saturated rings. The minimum absolute atomic E-state index is 0.0603. The van der Waals surface area contributed by atoms with Gasteiger partial charge in [-0.3, -0.25) is 9.59 Å². The summed E-state index contributed by atoms with van der Waals surface area (Å²) in [6.45, 7) is 1.14. The van der Waals surface area contributed by atoms with Gasteiger partial charge in [0.15, 0.2) is 0 Å². The van der Waals surface area contributed by atoms with E-state index in [-0.39, 0.29) is 11.8 Å². The lowest BCUT2D eigenvalue weighted by Gasteiger charge is -2.19. The molecule has 0 aliphatic carbocycles. The van der Waals surface area contributed by atoms with Crippen LogP contribution < -0.4 is 15.0 Å². The van der Waals surface area contributed by atoms with E-state index in [0.29, 0.717) is 36.5 Å². The van der Waals surface area contributed by atoms with Crippen LogP contribution in [0.3, 0.4) is 0 Å². The van der Waals surface area contributed by atoms with Gasteiger partial charge in [0.05, 0.1) is 11.3 Å². The van der Waals surface area contributed by atoms with E-state index in [1.807, 2.05) is 66.7 Å². The van der Waals surface area contributed by atoms with Gasteiger partial charge in [-0.25, -0.2) is 0 Å². The van der Waals surface area contributed by atoms with Crippen molar-refractivity contribution in [3.63, 3.8) is 0 Å². The molecule has 0 unspecified atom stereocenters. The van der Waals surface area contributed by atoms with Crippen molar-refractivity contribution in [1.82, 2.24) is 0 Å². The minimum atomic E-state index is -0.238. The van der Waals surface area contributed by atoms with E-state index in [0.717, 1.165) is 17.7 Å². The summed E-state index contributed by atoms with van der Waals surface area (Å²) in [4.78, 5) is 26.6. The van der Waals surface area contributed by atoms with Crippen LogP contribution in [0.4, 0.5) is 11.4 Å². The van der Waals surface area contributed by atoms with Gasteiger partial charge in [0, 0.05) is 18.7 Å². The van der Waals surface area contributed by atoms with E-state index in [2.05, 4.69) is 5.32 Å². The van der Waals surface area contributed by atoms with Gasteiger partial charge in [-0.2, -0.15) is 0 Å². The molecule has 4 rings (SSSR count). The normalized spacial score (nSPS) is 13.4. The predicted molar refractivity (Wildman–Crippen MR) is 113 cm³/mol. The van der Waals surface area contributed by atoms with Crippen LogP contribution in [-0.2, 0) is 11.4 Å². The first-order valence-electron chi connectivity index (χ1n) is 9.68. The summed E-state index contributed by atoms with van der Waals surface area (Å²) in [7, 11) is 0. The third kappa shape index (κ3) is 4.46. The first-order valence-corrected chi connectivity index (χ1v) is 9.68. The van der Waals surface area contributed by atoms with Crippen LogP contribution in [0, 0.1) is 0 Å². The maximum absolute atomic E-state index is 12.8. The molecular formula is C24H22N2O3. The van der Waals surface area contributed by atoms with Gasteiger partial charge < -0.3 is 15.0 Å². The lowest BCUT2D eigenvalue weighted by Crippen LogP contribution is -2.27. The maximum atomic E-state index is 12.8. The van der Waals surface area contributed by atoms with Crippen molar-refractivity contribution in [3.05, 3.63) is 90.0 Å². The number of hydrogen-bond donors (Lipinski definition) is 1. The van der Waals surface area contributed by atoms with Crippen molar-refractivity contribution in [1.29, 1.82) is 0 Å². The van der Waals surface area contributed by atoms with Crippen molar-refractivity contribution in [2.24, 2.45) is 0 Å².